The maximum atomic E-state index is 11.9. The Morgan fingerprint density at radius 1 is 1.38 bits per heavy atom. The van der Waals surface area contributed by atoms with E-state index in [1.807, 2.05) is 13.8 Å². The predicted molar refractivity (Wildman–Crippen MR) is 65.4 cm³/mol. The normalized spacial score (nSPS) is 27.6. The van der Waals surface area contributed by atoms with Crippen molar-refractivity contribution >= 4 is 10.2 Å². The first-order valence-electron chi connectivity index (χ1n) is 5.81. The lowest BCUT2D eigenvalue weighted by molar-refractivity contribution is 0.348. The quantitative estimate of drug-likeness (QED) is 0.753. The summed E-state index contributed by atoms with van der Waals surface area (Å²) in [6, 6.07) is 0.485. The minimum Gasteiger partial charge on any atom is -0.313 e. The molecule has 0 aliphatic carbocycles. The molecule has 0 amide bonds. The van der Waals surface area contributed by atoms with Crippen molar-refractivity contribution in [1.82, 2.24) is 14.3 Å². The third kappa shape index (κ3) is 3.69. The molecule has 0 aromatic heterocycles. The molecule has 0 aromatic rings. The molecule has 0 aromatic carbocycles. The summed E-state index contributed by atoms with van der Waals surface area (Å²) in [4.78, 5) is 0. The molecule has 6 heteroatoms. The van der Waals surface area contributed by atoms with E-state index in [9.17, 15) is 8.42 Å². The number of rotatable bonds is 4. The van der Waals surface area contributed by atoms with Crippen molar-refractivity contribution in [3.63, 3.8) is 0 Å². The summed E-state index contributed by atoms with van der Waals surface area (Å²) < 4.78 is 27.9. The second kappa shape index (κ2) is 5.44. The van der Waals surface area contributed by atoms with Gasteiger partial charge in [0.05, 0.1) is 0 Å². The van der Waals surface area contributed by atoms with Crippen molar-refractivity contribution in [1.29, 1.82) is 0 Å². The molecule has 0 bridgehead atoms. The molecule has 1 aliphatic rings. The van der Waals surface area contributed by atoms with Crippen molar-refractivity contribution in [2.45, 2.75) is 51.7 Å². The summed E-state index contributed by atoms with van der Waals surface area (Å²) in [5, 5.41) is 3.28. The van der Waals surface area contributed by atoms with Gasteiger partial charge in [-0.2, -0.15) is 17.4 Å². The van der Waals surface area contributed by atoms with Gasteiger partial charge in [-0.25, -0.2) is 0 Å². The number of nitrogens with zero attached hydrogens (tertiary/aromatic N) is 1. The fourth-order valence-corrected chi connectivity index (χ4v) is 3.01. The molecule has 1 fully saturated rings. The van der Waals surface area contributed by atoms with Gasteiger partial charge in [-0.05, 0) is 33.6 Å². The van der Waals surface area contributed by atoms with Gasteiger partial charge < -0.3 is 5.32 Å². The fraction of sp³-hybridized carbons (Fsp3) is 1.00. The van der Waals surface area contributed by atoms with E-state index in [1.165, 1.54) is 4.31 Å². The summed E-state index contributed by atoms with van der Waals surface area (Å²) in [5.41, 5.74) is 0. The van der Waals surface area contributed by atoms with E-state index in [2.05, 4.69) is 17.0 Å². The Balaban J connectivity index is 2.53. The standard InChI is InChI=1S/C10H23N3O2S/c1-8(2)13(4)16(14,15)12-10-6-5-9(3)11-7-10/h8-12H,5-7H2,1-4H3. The van der Waals surface area contributed by atoms with Crippen molar-refractivity contribution in [2.75, 3.05) is 13.6 Å². The summed E-state index contributed by atoms with van der Waals surface area (Å²) in [5.74, 6) is 0. The van der Waals surface area contributed by atoms with Crippen molar-refractivity contribution < 1.29 is 8.42 Å². The Bertz CT molecular complexity index is 308. The molecule has 2 atom stereocenters. The Morgan fingerprint density at radius 3 is 2.44 bits per heavy atom. The van der Waals surface area contributed by atoms with Gasteiger partial charge >= 0.3 is 0 Å². The Kier molecular flexibility index (Phi) is 4.73. The minimum absolute atomic E-state index is 0.0161. The van der Waals surface area contributed by atoms with Gasteiger partial charge in [0.15, 0.2) is 0 Å². The first-order valence-corrected chi connectivity index (χ1v) is 7.25. The Labute approximate surface area is 98.8 Å². The second-order valence-electron chi connectivity index (χ2n) is 4.82. The van der Waals surface area contributed by atoms with Crippen LogP contribution in [0.3, 0.4) is 0 Å². The molecule has 0 spiro atoms. The van der Waals surface area contributed by atoms with Crippen LogP contribution in [0.5, 0.6) is 0 Å². The molecule has 0 radical (unpaired) electrons. The summed E-state index contributed by atoms with van der Waals surface area (Å²) in [7, 11) is -1.73. The van der Waals surface area contributed by atoms with Gasteiger partial charge in [0.1, 0.15) is 0 Å². The first-order chi connectivity index (χ1) is 7.33. The third-order valence-electron chi connectivity index (χ3n) is 3.08. The highest BCUT2D eigenvalue weighted by Gasteiger charge is 2.26. The maximum absolute atomic E-state index is 11.9. The van der Waals surface area contributed by atoms with Gasteiger partial charge in [0, 0.05) is 31.7 Å². The van der Waals surface area contributed by atoms with Crippen molar-refractivity contribution in [3.05, 3.63) is 0 Å². The van der Waals surface area contributed by atoms with E-state index in [0.717, 1.165) is 12.8 Å². The molecule has 1 heterocycles. The van der Waals surface area contributed by atoms with E-state index >= 15 is 0 Å². The van der Waals surface area contributed by atoms with Gasteiger partial charge in [-0.3, -0.25) is 0 Å². The monoisotopic (exact) mass is 249 g/mol. The number of hydrogen-bond acceptors (Lipinski definition) is 3. The Morgan fingerprint density at radius 2 is 2.00 bits per heavy atom. The maximum Gasteiger partial charge on any atom is 0.279 e. The lowest BCUT2D eigenvalue weighted by Gasteiger charge is -2.30. The first kappa shape index (κ1) is 13.9. The largest absolute Gasteiger partial charge is 0.313 e. The lowest BCUT2D eigenvalue weighted by Crippen LogP contribution is -2.52. The van der Waals surface area contributed by atoms with E-state index in [4.69, 9.17) is 0 Å². The smallest absolute Gasteiger partial charge is 0.279 e. The summed E-state index contributed by atoms with van der Waals surface area (Å²) >= 11 is 0. The fourth-order valence-electron chi connectivity index (χ4n) is 1.67. The molecule has 1 aliphatic heterocycles. The number of nitrogens with one attached hydrogen (secondary N) is 2. The predicted octanol–water partition coefficient (Wildman–Crippen LogP) is 0.302. The average Bonchev–Trinajstić information content (AvgIpc) is 2.20. The van der Waals surface area contributed by atoms with E-state index in [0.29, 0.717) is 12.6 Å². The summed E-state index contributed by atoms with van der Waals surface area (Å²) in [6.07, 6.45) is 1.91. The molecule has 96 valence electrons. The van der Waals surface area contributed by atoms with Crippen LogP contribution in [-0.2, 0) is 10.2 Å². The molecule has 2 unspecified atom stereocenters. The molecule has 1 rings (SSSR count). The van der Waals surface area contributed by atoms with Crippen LogP contribution in [0.1, 0.15) is 33.6 Å². The van der Waals surface area contributed by atoms with Gasteiger partial charge in [0.2, 0.25) is 0 Å². The lowest BCUT2D eigenvalue weighted by atomic mass is 10.0. The average molecular weight is 249 g/mol. The van der Waals surface area contributed by atoms with Crippen LogP contribution >= 0.6 is 0 Å². The molecule has 0 saturated carbocycles. The molecular formula is C10H23N3O2S. The second-order valence-corrected chi connectivity index (χ2v) is 6.58. The van der Waals surface area contributed by atoms with Crippen LogP contribution in [0, 0.1) is 0 Å². The SMILES string of the molecule is CC1CCC(NS(=O)(=O)N(C)C(C)C)CN1. The minimum atomic E-state index is -3.33. The van der Waals surface area contributed by atoms with E-state index < -0.39 is 10.2 Å². The molecule has 5 nitrogen and oxygen atoms in total. The molecular weight excluding hydrogens is 226 g/mol. The zero-order valence-electron chi connectivity index (χ0n) is 10.5. The number of hydrogen-bond donors (Lipinski definition) is 2. The van der Waals surface area contributed by atoms with Crippen LogP contribution in [-0.4, -0.2) is 44.4 Å². The number of piperidine rings is 1. The molecule has 16 heavy (non-hydrogen) atoms. The van der Waals surface area contributed by atoms with Gasteiger partial charge in [0.25, 0.3) is 10.2 Å². The zero-order chi connectivity index (χ0) is 12.3. The van der Waals surface area contributed by atoms with Crippen LogP contribution in [0.4, 0.5) is 0 Å². The zero-order valence-corrected chi connectivity index (χ0v) is 11.3. The van der Waals surface area contributed by atoms with Crippen LogP contribution in [0.2, 0.25) is 0 Å². The van der Waals surface area contributed by atoms with Gasteiger partial charge in [-0.15, -0.1) is 0 Å². The van der Waals surface area contributed by atoms with Crippen LogP contribution in [0.25, 0.3) is 0 Å². The highest BCUT2D eigenvalue weighted by Crippen LogP contribution is 2.10. The van der Waals surface area contributed by atoms with E-state index in [1.54, 1.807) is 7.05 Å². The Hall–Kier alpha value is -0.170. The van der Waals surface area contributed by atoms with Crippen LogP contribution in [0.15, 0.2) is 0 Å². The van der Waals surface area contributed by atoms with Gasteiger partial charge in [-0.1, -0.05) is 0 Å². The van der Waals surface area contributed by atoms with E-state index in [-0.39, 0.29) is 12.1 Å². The van der Waals surface area contributed by atoms with Crippen molar-refractivity contribution in [2.24, 2.45) is 0 Å². The summed E-state index contributed by atoms with van der Waals surface area (Å²) in [6.45, 7) is 6.55. The highest BCUT2D eigenvalue weighted by atomic mass is 32.2. The van der Waals surface area contributed by atoms with Crippen molar-refractivity contribution in [3.8, 4) is 0 Å². The molecule has 2 N–H and O–H groups in total. The molecule has 1 saturated heterocycles. The highest BCUT2D eigenvalue weighted by molar-refractivity contribution is 7.87. The van der Waals surface area contributed by atoms with Crippen LogP contribution < -0.4 is 10.0 Å². The third-order valence-corrected chi connectivity index (χ3v) is 4.89. The topological polar surface area (TPSA) is 61.4 Å².